The van der Waals surface area contributed by atoms with Gasteiger partial charge in [-0.25, -0.2) is 0 Å². The minimum absolute atomic E-state index is 0.924. The molecule has 0 bridgehead atoms. The first-order valence-electron chi connectivity index (χ1n) is 11.1. The summed E-state index contributed by atoms with van der Waals surface area (Å²) < 4.78 is 0. The van der Waals surface area contributed by atoms with E-state index in [1.54, 1.807) is 0 Å². The van der Waals surface area contributed by atoms with Gasteiger partial charge in [0.1, 0.15) is 0 Å². The maximum Gasteiger partial charge on any atom is 0.0912 e. The quantitative estimate of drug-likeness (QED) is 0.226. The highest BCUT2D eigenvalue weighted by atomic mass is 14.3. The van der Waals surface area contributed by atoms with E-state index in [1.807, 2.05) is 18.2 Å². The van der Waals surface area contributed by atoms with Gasteiger partial charge in [-0.1, -0.05) is 94.4 Å². The molecule has 0 aliphatic heterocycles. The predicted octanol–water partition coefficient (Wildman–Crippen LogP) is 7.57. The van der Waals surface area contributed by atoms with Gasteiger partial charge in [-0.15, -0.1) is 0 Å². The van der Waals surface area contributed by atoms with E-state index < -0.39 is 0 Å². The lowest BCUT2D eigenvalue weighted by Gasteiger charge is -2.28. The fourth-order valence-corrected chi connectivity index (χ4v) is 4.34. The molecule has 0 atom stereocenters. The van der Waals surface area contributed by atoms with Crippen molar-refractivity contribution in [1.29, 1.82) is 5.26 Å². The zero-order valence-corrected chi connectivity index (χ0v) is 17.2. The zero-order chi connectivity index (χ0) is 19.2. The molecule has 1 nitrogen and oxygen atoms in total. The summed E-state index contributed by atoms with van der Waals surface area (Å²) in [6.07, 6.45) is 23.6. The van der Waals surface area contributed by atoms with Gasteiger partial charge in [0.15, 0.2) is 0 Å². The number of nitrogens with zero attached hydrogens (tertiary/aromatic N) is 1. The van der Waals surface area contributed by atoms with Crippen molar-refractivity contribution in [3.8, 4) is 6.07 Å². The van der Waals surface area contributed by atoms with Crippen LogP contribution in [0.25, 0.3) is 0 Å². The second-order valence-electron chi connectivity index (χ2n) is 8.19. The third kappa shape index (κ3) is 9.09. The molecule has 27 heavy (non-hydrogen) atoms. The number of hydrogen-bond acceptors (Lipinski definition) is 1. The van der Waals surface area contributed by atoms with E-state index in [4.69, 9.17) is 5.26 Å². The second-order valence-corrected chi connectivity index (χ2v) is 8.19. The molecule has 1 aromatic carbocycles. The Bertz CT molecular complexity index is 594. The smallest absolute Gasteiger partial charge is 0.0912 e. The van der Waals surface area contributed by atoms with Crippen molar-refractivity contribution in [3.05, 3.63) is 59.7 Å². The van der Waals surface area contributed by atoms with Crippen molar-refractivity contribution in [1.82, 2.24) is 0 Å². The fraction of sp³-hybridized carbons (Fsp3) is 0.577. The summed E-state index contributed by atoms with van der Waals surface area (Å²) in [6.45, 7) is 2.25. The van der Waals surface area contributed by atoms with E-state index in [2.05, 4.69) is 37.3 Å². The lowest BCUT2D eigenvalue weighted by Crippen LogP contribution is -2.14. The molecule has 1 aliphatic carbocycles. The fourth-order valence-electron chi connectivity index (χ4n) is 4.34. The molecule has 0 aromatic heterocycles. The number of unbranched alkanes of at least 4 members (excludes halogenated alkanes) is 1. The number of aryl methyl sites for hydroxylation is 2. The molecule has 0 unspecified atom stereocenters. The Morgan fingerprint density at radius 2 is 1.52 bits per heavy atom. The molecule has 0 amide bonds. The molecule has 0 spiro atoms. The van der Waals surface area contributed by atoms with Crippen LogP contribution < -0.4 is 0 Å². The van der Waals surface area contributed by atoms with E-state index in [0.717, 1.165) is 18.3 Å². The molecule has 0 saturated heterocycles. The number of rotatable bonds is 11. The Hall–Kier alpha value is -1.81. The van der Waals surface area contributed by atoms with Gasteiger partial charge in [-0.2, -0.15) is 5.26 Å². The molecule has 1 fully saturated rings. The van der Waals surface area contributed by atoms with Gasteiger partial charge in [0.2, 0.25) is 0 Å². The number of benzene rings is 1. The summed E-state index contributed by atoms with van der Waals surface area (Å²) in [5.41, 5.74) is 2.99. The van der Waals surface area contributed by atoms with Crippen LogP contribution in [0, 0.1) is 23.2 Å². The van der Waals surface area contributed by atoms with Gasteiger partial charge in [-0.3, -0.25) is 0 Å². The van der Waals surface area contributed by atoms with Crippen molar-refractivity contribution in [2.45, 2.75) is 84.0 Å². The average molecular weight is 364 g/mol. The van der Waals surface area contributed by atoms with Gasteiger partial charge < -0.3 is 0 Å². The van der Waals surface area contributed by atoms with Crippen LogP contribution in [0.2, 0.25) is 0 Å². The van der Waals surface area contributed by atoms with E-state index in [-0.39, 0.29) is 0 Å². The van der Waals surface area contributed by atoms with Crippen molar-refractivity contribution < 1.29 is 0 Å². The molecule has 0 heterocycles. The summed E-state index contributed by atoms with van der Waals surface area (Å²) in [6, 6.07) is 11.3. The van der Waals surface area contributed by atoms with E-state index >= 15 is 0 Å². The zero-order valence-electron chi connectivity index (χ0n) is 17.2. The van der Waals surface area contributed by atoms with Crippen LogP contribution in [0.15, 0.2) is 48.6 Å². The maximum atomic E-state index is 8.44. The Morgan fingerprint density at radius 1 is 0.889 bits per heavy atom. The maximum absolute atomic E-state index is 8.44. The monoisotopic (exact) mass is 363 g/mol. The number of hydrogen-bond donors (Lipinski definition) is 0. The third-order valence-corrected chi connectivity index (χ3v) is 6.02. The highest BCUT2D eigenvalue weighted by Gasteiger charge is 2.20. The van der Waals surface area contributed by atoms with Crippen LogP contribution >= 0.6 is 0 Å². The van der Waals surface area contributed by atoms with Crippen LogP contribution in [0.1, 0.15) is 82.3 Å². The van der Waals surface area contributed by atoms with Crippen LogP contribution in [0.3, 0.4) is 0 Å². The molecule has 1 aromatic rings. The molecular formula is C26H37N. The Balaban J connectivity index is 1.52. The summed E-state index contributed by atoms with van der Waals surface area (Å²) in [7, 11) is 0. The molecule has 0 radical (unpaired) electrons. The van der Waals surface area contributed by atoms with E-state index in [0.29, 0.717) is 0 Å². The first-order valence-corrected chi connectivity index (χ1v) is 11.1. The number of nitriles is 1. The second kappa shape index (κ2) is 13.4. The van der Waals surface area contributed by atoms with Crippen LogP contribution in [-0.4, -0.2) is 0 Å². The van der Waals surface area contributed by atoms with Gasteiger partial charge in [0.05, 0.1) is 6.07 Å². The minimum Gasteiger partial charge on any atom is -0.193 e. The van der Waals surface area contributed by atoms with E-state index in [1.165, 1.54) is 87.8 Å². The van der Waals surface area contributed by atoms with Gasteiger partial charge in [-0.05, 0) is 55.1 Å². The third-order valence-electron chi connectivity index (χ3n) is 6.02. The number of allylic oxidation sites excluding steroid dienone is 4. The lowest BCUT2D eigenvalue weighted by molar-refractivity contribution is 0.250. The molecular weight excluding hydrogens is 326 g/mol. The largest absolute Gasteiger partial charge is 0.193 e. The molecule has 146 valence electrons. The van der Waals surface area contributed by atoms with Crippen molar-refractivity contribution in [2.24, 2.45) is 11.8 Å². The van der Waals surface area contributed by atoms with Gasteiger partial charge in [0.25, 0.3) is 0 Å². The standard InChI is InChI=1S/C26H37N/c1-2-10-23-14-16-25(17-15-23)12-7-8-13-26-20-18-24(19-21-26)11-6-4-3-5-9-22-27/h3-5,9,14-17,24,26H,2,6-8,10-13,18-21H2,1H3. The SMILES string of the molecule is CCCc1ccc(CCCCC2CCC(CCC=CC=CC#N)CC2)cc1. The molecule has 1 aliphatic rings. The normalized spacial score (nSPS) is 20.3. The Labute approximate surface area is 167 Å². The summed E-state index contributed by atoms with van der Waals surface area (Å²) in [5, 5.41) is 8.44. The molecule has 1 heteroatoms. The first-order chi connectivity index (χ1) is 13.3. The summed E-state index contributed by atoms with van der Waals surface area (Å²) >= 11 is 0. The van der Waals surface area contributed by atoms with Crippen LogP contribution in [0.4, 0.5) is 0 Å². The molecule has 1 saturated carbocycles. The Morgan fingerprint density at radius 3 is 2.15 bits per heavy atom. The van der Waals surface area contributed by atoms with Crippen molar-refractivity contribution in [2.75, 3.05) is 0 Å². The Kier molecular flexibility index (Phi) is 10.6. The minimum atomic E-state index is 0.924. The lowest BCUT2D eigenvalue weighted by atomic mass is 9.78. The van der Waals surface area contributed by atoms with Gasteiger partial charge in [0, 0.05) is 6.08 Å². The van der Waals surface area contributed by atoms with Crippen LogP contribution in [-0.2, 0) is 12.8 Å². The van der Waals surface area contributed by atoms with E-state index in [9.17, 15) is 0 Å². The highest BCUT2D eigenvalue weighted by Crippen LogP contribution is 2.34. The van der Waals surface area contributed by atoms with Crippen molar-refractivity contribution in [3.63, 3.8) is 0 Å². The topological polar surface area (TPSA) is 23.8 Å². The van der Waals surface area contributed by atoms with Gasteiger partial charge >= 0.3 is 0 Å². The van der Waals surface area contributed by atoms with Crippen LogP contribution in [0.5, 0.6) is 0 Å². The summed E-state index contributed by atoms with van der Waals surface area (Å²) in [4.78, 5) is 0. The summed E-state index contributed by atoms with van der Waals surface area (Å²) in [5.74, 6) is 1.90. The highest BCUT2D eigenvalue weighted by molar-refractivity contribution is 5.22. The average Bonchev–Trinajstić information content (AvgIpc) is 2.70. The van der Waals surface area contributed by atoms with Crippen molar-refractivity contribution >= 4 is 0 Å². The first kappa shape index (κ1) is 21.5. The molecule has 0 N–H and O–H groups in total. The molecule has 2 rings (SSSR count). The predicted molar refractivity (Wildman–Crippen MR) is 117 cm³/mol.